The highest BCUT2D eigenvalue weighted by atomic mass is 19.3. The van der Waals surface area contributed by atoms with Crippen LogP contribution in [0.2, 0.25) is 0 Å². The summed E-state index contributed by atoms with van der Waals surface area (Å²) in [7, 11) is 0. The average Bonchev–Trinajstić information content (AvgIpc) is 3.36. The summed E-state index contributed by atoms with van der Waals surface area (Å²) in [6.07, 6.45) is 1.93. The number of halogens is 5. The van der Waals surface area contributed by atoms with Gasteiger partial charge < -0.3 is 9.84 Å². The van der Waals surface area contributed by atoms with E-state index in [1.807, 2.05) is 0 Å². The SMILES string of the molecule is N#Cc1cccc(F)c1OCc1ccc(C(F)(F)C(O)(Cn2cnnn2)c2ccc(F)cc2F)nc1. The minimum atomic E-state index is -4.23. The number of para-hydroxylation sites is 1. The first kappa shape index (κ1) is 24.7. The first-order chi connectivity index (χ1) is 17.2. The number of alkyl halides is 2. The van der Waals surface area contributed by atoms with E-state index in [0.717, 1.165) is 35.4 Å². The molecule has 0 fully saturated rings. The zero-order valence-corrected chi connectivity index (χ0v) is 18.1. The summed E-state index contributed by atoms with van der Waals surface area (Å²) in [5.74, 6) is -7.75. The number of nitriles is 1. The molecule has 0 bridgehead atoms. The third-order valence-electron chi connectivity index (χ3n) is 5.30. The Balaban J connectivity index is 1.65. The van der Waals surface area contributed by atoms with Crippen molar-refractivity contribution < 1.29 is 31.8 Å². The number of aromatic nitrogens is 5. The zero-order valence-electron chi connectivity index (χ0n) is 18.1. The Bertz CT molecular complexity index is 1410. The zero-order chi connectivity index (χ0) is 25.9. The van der Waals surface area contributed by atoms with Crippen LogP contribution >= 0.6 is 0 Å². The second-order valence-electron chi connectivity index (χ2n) is 7.63. The van der Waals surface area contributed by atoms with Crippen molar-refractivity contribution >= 4 is 0 Å². The van der Waals surface area contributed by atoms with E-state index in [1.165, 1.54) is 18.2 Å². The summed E-state index contributed by atoms with van der Waals surface area (Å²) in [4.78, 5) is 3.69. The van der Waals surface area contributed by atoms with Crippen molar-refractivity contribution in [2.45, 2.75) is 24.7 Å². The Hall–Kier alpha value is -4.44. The number of tetrazole rings is 1. The highest BCUT2D eigenvalue weighted by molar-refractivity contribution is 5.43. The Labute approximate surface area is 200 Å². The summed E-state index contributed by atoms with van der Waals surface area (Å²) in [5, 5.41) is 30.3. The molecule has 0 aliphatic rings. The first-order valence-corrected chi connectivity index (χ1v) is 10.2. The van der Waals surface area contributed by atoms with Gasteiger partial charge in [-0.05, 0) is 40.8 Å². The number of pyridine rings is 1. The van der Waals surface area contributed by atoms with Crippen LogP contribution in [-0.4, -0.2) is 30.3 Å². The van der Waals surface area contributed by atoms with E-state index in [-0.39, 0.29) is 23.5 Å². The van der Waals surface area contributed by atoms with E-state index in [0.29, 0.717) is 12.1 Å². The van der Waals surface area contributed by atoms with Crippen molar-refractivity contribution in [1.29, 1.82) is 5.26 Å². The van der Waals surface area contributed by atoms with Gasteiger partial charge in [0.2, 0.25) is 0 Å². The van der Waals surface area contributed by atoms with Gasteiger partial charge in [-0.3, -0.25) is 4.98 Å². The molecule has 0 radical (unpaired) electrons. The van der Waals surface area contributed by atoms with Crippen molar-refractivity contribution in [3.05, 3.63) is 101 Å². The number of nitrogens with zero attached hydrogens (tertiary/aromatic N) is 6. The molecule has 0 saturated heterocycles. The third kappa shape index (κ3) is 4.58. The fourth-order valence-corrected chi connectivity index (χ4v) is 3.47. The molecule has 0 amide bonds. The van der Waals surface area contributed by atoms with Gasteiger partial charge in [-0.15, -0.1) is 5.10 Å². The number of ether oxygens (including phenoxy) is 1. The maximum atomic E-state index is 15.7. The molecule has 36 heavy (non-hydrogen) atoms. The molecule has 4 aromatic rings. The summed E-state index contributed by atoms with van der Waals surface area (Å²) in [5.41, 5.74) is -4.95. The Morgan fingerprint density at radius 3 is 2.50 bits per heavy atom. The molecule has 13 heteroatoms. The number of hydrogen-bond donors (Lipinski definition) is 1. The van der Waals surface area contributed by atoms with Gasteiger partial charge in [-0.2, -0.15) is 14.0 Å². The molecule has 1 unspecified atom stereocenters. The van der Waals surface area contributed by atoms with Crippen LogP contribution in [0.3, 0.4) is 0 Å². The van der Waals surface area contributed by atoms with Crippen LogP contribution in [0.1, 0.15) is 22.4 Å². The largest absolute Gasteiger partial charge is 0.484 e. The molecular weight excluding hydrogens is 487 g/mol. The summed E-state index contributed by atoms with van der Waals surface area (Å²) >= 11 is 0. The second-order valence-corrected chi connectivity index (χ2v) is 7.63. The van der Waals surface area contributed by atoms with Gasteiger partial charge in [-0.25, -0.2) is 17.9 Å². The molecule has 2 heterocycles. The summed E-state index contributed by atoms with van der Waals surface area (Å²) in [6.45, 7) is -1.30. The van der Waals surface area contributed by atoms with Crippen LogP contribution in [-0.2, 0) is 24.7 Å². The molecule has 4 rings (SSSR count). The molecule has 1 N–H and O–H groups in total. The number of benzene rings is 2. The van der Waals surface area contributed by atoms with Gasteiger partial charge in [0.15, 0.2) is 17.2 Å². The summed E-state index contributed by atoms with van der Waals surface area (Å²) in [6, 6.07) is 9.40. The van der Waals surface area contributed by atoms with Crippen molar-refractivity contribution in [1.82, 2.24) is 25.2 Å². The minimum absolute atomic E-state index is 0.0555. The van der Waals surface area contributed by atoms with Crippen LogP contribution in [0.5, 0.6) is 5.75 Å². The lowest BCUT2D eigenvalue weighted by Crippen LogP contribution is -2.48. The average molecular weight is 502 g/mol. The molecule has 1 atom stereocenters. The molecule has 8 nitrogen and oxygen atoms in total. The van der Waals surface area contributed by atoms with Crippen molar-refractivity contribution in [3.63, 3.8) is 0 Å². The number of hydrogen-bond acceptors (Lipinski definition) is 7. The van der Waals surface area contributed by atoms with Gasteiger partial charge in [0.25, 0.3) is 0 Å². The topological polar surface area (TPSA) is 110 Å². The van der Waals surface area contributed by atoms with Crippen LogP contribution in [0.4, 0.5) is 22.0 Å². The number of aliphatic hydroxyl groups is 1. The van der Waals surface area contributed by atoms with Crippen LogP contribution in [0.25, 0.3) is 0 Å². The van der Waals surface area contributed by atoms with Crippen molar-refractivity contribution in [3.8, 4) is 11.8 Å². The predicted molar refractivity (Wildman–Crippen MR) is 112 cm³/mol. The van der Waals surface area contributed by atoms with Crippen LogP contribution < -0.4 is 4.74 Å². The van der Waals surface area contributed by atoms with Gasteiger partial charge >= 0.3 is 5.92 Å². The maximum Gasteiger partial charge on any atom is 0.323 e. The fraction of sp³-hybridized carbons (Fsp3) is 0.174. The quantitative estimate of drug-likeness (QED) is 0.367. The van der Waals surface area contributed by atoms with Gasteiger partial charge in [-0.1, -0.05) is 12.1 Å². The van der Waals surface area contributed by atoms with E-state index < -0.39 is 46.8 Å². The van der Waals surface area contributed by atoms with E-state index in [2.05, 4.69) is 20.5 Å². The maximum absolute atomic E-state index is 15.7. The van der Waals surface area contributed by atoms with Crippen molar-refractivity contribution in [2.24, 2.45) is 0 Å². The molecular formula is C23H15F5N6O2. The first-order valence-electron chi connectivity index (χ1n) is 10.2. The normalized spacial score (nSPS) is 13.1. The standard InChI is InChI=1S/C23H15F5N6O2/c24-16-5-6-17(19(26)8-16)22(35,12-34-13-31-32-33-34)23(27,28)20-7-4-14(10-30-20)11-36-21-15(9-29)2-1-3-18(21)25/h1-8,10,13,35H,11-12H2. The van der Waals surface area contributed by atoms with E-state index >= 15 is 8.78 Å². The highest BCUT2D eigenvalue weighted by Crippen LogP contribution is 2.46. The predicted octanol–water partition coefficient (Wildman–Crippen LogP) is 3.62. The Morgan fingerprint density at radius 2 is 1.86 bits per heavy atom. The van der Waals surface area contributed by atoms with Gasteiger partial charge in [0.05, 0.1) is 12.1 Å². The van der Waals surface area contributed by atoms with Crippen LogP contribution in [0, 0.1) is 28.8 Å². The molecule has 2 aromatic carbocycles. The lowest BCUT2D eigenvalue weighted by Gasteiger charge is -2.35. The Kier molecular flexibility index (Phi) is 6.63. The van der Waals surface area contributed by atoms with Crippen molar-refractivity contribution in [2.75, 3.05) is 0 Å². The molecule has 0 spiro atoms. The second kappa shape index (κ2) is 9.67. The lowest BCUT2D eigenvalue weighted by molar-refractivity contribution is -0.207. The smallest absolute Gasteiger partial charge is 0.323 e. The third-order valence-corrected chi connectivity index (χ3v) is 5.30. The fourth-order valence-electron chi connectivity index (χ4n) is 3.47. The van der Waals surface area contributed by atoms with Crippen LogP contribution in [0.15, 0.2) is 61.1 Å². The highest BCUT2D eigenvalue weighted by Gasteiger charge is 2.58. The monoisotopic (exact) mass is 502 g/mol. The molecule has 0 aliphatic heterocycles. The molecule has 2 aromatic heterocycles. The Morgan fingerprint density at radius 1 is 1.06 bits per heavy atom. The van der Waals surface area contributed by atoms with E-state index in [1.54, 1.807) is 6.07 Å². The van der Waals surface area contributed by atoms with Gasteiger partial charge in [0, 0.05) is 23.4 Å². The van der Waals surface area contributed by atoms with Gasteiger partial charge in [0.1, 0.15) is 36.3 Å². The lowest BCUT2D eigenvalue weighted by atomic mass is 9.84. The summed E-state index contributed by atoms with van der Waals surface area (Å²) < 4.78 is 79.5. The van der Waals surface area contributed by atoms with E-state index in [4.69, 9.17) is 10.00 Å². The number of rotatable bonds is 8. The van der Waals surface area contributed by atoms with E-state index in [9.17, 15) is 18.3 Å². The molecule has 0 aliphatic carbocycles. The molecule has 0 saturated carbocycles. The molecule has 184 valence electrons. The minimum Gasteiger partial charge on any atom is -0.484 e.